The maximum atomic E-state index is 5.42. The van der Waals surface area contributed by atoms with E-state index in [1.54, 1.807) is 0 Å². The molecule has 0 aromatic heterocycles. The first-order valence-corrected chi connectivity index (χ1v) is 5.88. The Bertz CT molecular complexity index is 687. The number of rotatable bonds is 1. The molecule has 0 spiro atoms. The average Bonchev–Trinajstić information content (AvgIpc) is 3.04. The maximum Gasteiger partial charge on any atom is 0.231 e. The van der Waals surface area contributed by atoms with Crippen molar-refractivity contribution in [1.29, 1.82) is 0 Å². The third-order valence-corrected chi connectivity index (χ3v) is 3.28. The van der Waals surface area contributed by atoms with Crippen LogP contribution < -0.4 is 9.47 Å². The first kappa shape index (κ1) is 9.59. The predicted octanol–water partition coefficient (Wildman–Crippen LogP) is 3.52. The van der Waals surface area contributed by atoms with Gasteiger partial charge in [0.15, 0.2) is 11.5 Å². The number of ether oxygens (including phenoxy) is 2. The quantitative estimate of drug-likeness (QED) is 0.702. The lowest BCUT2D eigenvalue weighted by Gasteiger charge is -2.05. The fourth-order valence-corrected chi connectivity index (χ4v) is 2.39. The minimum absolute atomic E-state index is 0.314. The Morgan fingerprint density at radius 3 is 2.83 bits per heavy atom. The molecule has 0 radical (unpaired) electrons. The third-order valence-electron chi connectivity index (χ3n) is 3.28. The van der Waals surface area contributed by atoms with Gasteiger partial charge in [-0.05, 0) is 35.4 Å². The second-order valence-corrected chi connectivity index (χ2v) is 4.31. The topological polar surface area (TPSA) is 34.2 Å². The molecule has 0 atom stereocenters. The summed E-state index contributed by atoms with van der Waals surface area (Å²) in [6.07, 6.45) is 1.94. The van der Waals surface area contributed by atoms with Gasteiger partial charge in [-0.15, -0.1) is 0 Å². The van der Waals surface area contributed by atoms with Crippen LogP contribution in [0.25, 0.3) is 22.4 Å². The summed E-state index contributed by atoms with van der Waals surface area (Å²) in [4.78, 5) is 3.24. The number of H-pyrrole nitrogens is 1. The van der Waals surface area contributed by atoms with E-state index >= 15 is 0 Å². The minimum atomic E-state index is 0.314. The number of hydrogen-bond acceptors (Lipinski definition) is 2. The molecule has 0 amide bonds. The van der Waals surface area contributed by atoms with Crippen LogP contribution in [0.5, 0.6) is 11.5 Å². The summed E-state index contributed by atoms with van der Waals surface area (Å²) in [5, 5.41) is 0. The monoisotopic (exact) mass is 237 g/mol. The summed E-state index contributed by atoms with van der Waals surface area (Å²) in [7, 11) is 0. The Labute approximate surface area is 104 Å². The van der Waals surface area contributed by atoms with Crippen LogP contribution in [0.2, 0.25) is 0 Å². The van der Waals surface area contributed by atoms with E-state index in [9.17, 15) is 0 Å². The lowest BCUT2D eigenvalue weighted by molar-refractivity contribution is 0.174. The number of aromatic amines is 1. The highest BCUT2D eigenvalue weighted by atomic mass is 16.7. The van der Waals surface area contributed by atoms with Gasteiger partial charge in [0.2, 0.25) is 6.79 Å². The Morgan fingerprint density at radius 1 is 0.889 bits per heavy atom. The summed E-state index contributed by atoms with van der Waals surface area (Å²) in [6.45, 7) is 0.314. The van der Waals surface area contributed by atoms with Crippen molar-refractivity contribution in [1.82, 2.24) is 4.98 Å². The van der Waals surface area contributed by atoms with Gasteiger partial charge in [0.25, 0.3) is 0 Å². The largest absolute Gasteiger partial charge is 0.454 e. The molecule has 4 rings (SSSR count). The van der Waals surface area contributed by atoms with Gasteiger partial charge >= 0.3 is 0 Å². The summed E-state index contributed by atoms with van der Waals surface area (Å²) in [5.74, 6) is 1.64. The highest BCUT2D eigenvalue weighted by molar-refractivity contribution is 5.85. The lowest BCUT2D eigenvalue weighted by Crippen LogP contribution is -1.92. The molecule has 88 valence electrons. The minimum Gasteiger partial charge on any atom is -0.454 e. The molecule has 1 aromatic rings. The number of hydrogen-bond donors (Lipinski definition) is 1. The van der Waals surface area contributed by atoms with E-state index in [4.69, 9.17) is 9.47 Å². The molecule has 0 saturated heterocycles. The third kappa shape index (κ3) is 1.31. The molecule has 18 heavy (non-hydrogen) atoms. The van der Waals surface area contributed by atoms with Gasteiger partial charge in [-0.1, -0.05) is 18.2 Å². The summed E-state index contributed by atoms with van der Waals surface area (Å²) in [5.41, 5.74) is 4.72. The zero-order valence-corrected chi connectivity index (χ0v) is 9.64. The number of aromatic nitrogens is 1. The molecule has 3 aliphatic rings. The first-order chi connectivity index (χ1) is 8.92. The van der Waals surface area contributed by atoms with Gasteiger partial charge in [-0.25, -0.2) is 0 Å². The standard InChI is InChI=1S/C15H11NO2/c1-2-12-11(4-5-13(12)16-7-1)10-3-6-14-15(8-10)18-9-17-14/h1-8,16H,9H2. The first-order valence-electron chi connectivity index (χ1n) is 5.88. The van der Waals surface area contributed by atoms with Crippen LogP contribution in [0.15, 0.2) is 48.7 Å². The second-order valence-electron chi connectivity index (χ2n) is 4.31. The van der Waals surface area contributed by atoms with E-state index < -0.39 is 0 Å². The van der Waals surface area contributed by atoms with Crippen LogP contribution in [0.4, 0.5) is 0 Å². The van der Waals surface area contributed by atoms with Crippen molar-refractivity contribution in [2.75, 3.05) is 6.79 Å². The molecule has 0 bridgehead atoms. The average molecular weight is 237 g/mol. The van der Waals surface area contributed by atoms with Crippen LogP contribution in [-0.2, 0) is 0 Å². The molecule has 1 N–H and O–H groups in total. The van der Waals surface area contributed by atoms with Gasteiger partial charge in [0.05, 0.1) is 0 Å². The van der Waals surface area contributed by atoms with Crippen LogP contribution in [0.3, 0.4) is 0 Å². The Hall–Kier alpha value is -2.42. The zero-order chi connectivity index (χ0) is 11.9. The Morgan fingerprint density at radius 2 is 1.83 bits per heavy atom. The Kier molecular flexibility index (Phi) is 1.88. The van der Waals surface area contributed by atoms with E-state index in [0.717, 1.165) is 22.8 Å². The molecule has 1 aromatic carbocycles. The molecule has 1 aliphatic carbocycles. The normalized spacial score (nSPS) is 13.1. The van der Waals surface area contributed by atoms with Crippen molar-refractivity contribution in [2.45, 2.75) is 0 Å². The number of benzene rings is 1. The van der Waals surface area contributed by atoms with Crippen molar-refractivity contribution < 1.29 is 9.47 Å². The fraction of sp³-hybridized carbons (Fsp3) is 0.0667. The molecule has 0 unspecified atom stereocenters. The van der Waals surface area contributed by atoms with E-state index in [-0.39, 0.29) is 0 Å². The van der Waals surface area contributed by atoms with Gasteiger partial charge < -0.3 is 14.5 Å². The van der Waals surface area contributed by atoms with Gasteiger partial charge in [0, 0.05) is 17.5 Å². The van der Waals surface area contributed by atoms with Gasteiger partial charge in [0.1, 0.15) is 0 Å². The van der Waals surface area contributed by atoms with Crippen molar-refractivity contribution in [2.24, 2.45) is 0 Å². The number of fused-ring (bicyclic) bond motifs is 2. The molecule has 3 nitrogen and oxygen atoms in total. The summed E-state index contributed by atoms with van der Waals surface area (Å²) in [6, 6.07) is 14.4. The van der Waals surface area contributed by atoms with Crippen molar-refractivity contribution in [3.8, 4) is 33.9 Å². The summed E-state index contributed by atoms with van der Waals surface area (Å²) < 4.78 is 10.7. The van der Waals surface area contributed by atoms with Gasteiger partial charge in [-0.2, -0.15) is 0 Å². The van der Waals surface area contributed by atoms with Crippen molar-refractivity contribution in [3.63, 3.8) is 0 Å². The predicted molar refractivity (Wildman–Crippen MR) is 69.0 cm³/mol. The summed E-state index contributed by atoms with van der Waals surface area (Å²) >= 11 is 0. The number of pyridine rings is 1. The molecular formula is C15H11NO2. The van der Waals surface area contributed by atoms with Crippen LogP contribution in [0.1, 0.15) is 0 Å². The highest BCUT2D eigenvalue weighted by Gasteiger charge is 2.16. The van der Waals surface area contributed by atoms with E-state index in [0.29, 0.717) is 6.79 Å². The highest BCUT2D eigenvalue weighted by Crippen LogP contribution is 2.39. The molecule has 2 heterocycles. The molecule has 3 heteroatoms. The second kappa shape index (κ2) is 3.53. The van der Waals surface area contributed by atoms with E-state index in [1.807, 2.05) is 24.4 Å². The van der Waals surface area contributed by atoms with Crippen molar-refractivity contribution in [3.05, 3.63) is 48.7 Å². The van der Waals surface area contributed by atoms with Crippen LogP contribution in [0, 0.1) is 0 Å². The molecular weight excluding hydrogens is 226 g/mol. The van der Waals surface area contributed by atoms with Crippen LogP contribution in [-0.4, -0.2) is 11.8 Å². The van der Waals surface area contributed by atoms with E-state index in [1.165, 1.54) is 11.1 Å². The Balaban J connectivity index is 1.88. The zero-order valence-electron chi connectivity index (χ0n) is 9.64. The van der Waals surface area contributed by atoms with Gasteiger partial charge in [-0.3, -0.25) is 0 Å². The smallest absolute Gasteiger partial charge is 0.231 e. The SMILES string of the molecule is c1c[nH]c2ccc(-c3ccc4c(c3)OCO4)c-2c1. The van der Waals surface area contributed by atoms with Crippen molar-refractivity contribution >= 4 is 0 Å². The van der Waals surface area contributed by atoms with Crippen LogP contribution >= 0.6 is 0 Å². The molecule has 0 fully saturated rings. The fourth-order valence-electron chi connectivity index (χ4n) is 2.39. The number of nitrogens with one attached hydrogen (secondary N) is 1. The lowest BCUT2D eigenvalue weighted by atomic mass is 10.0. The molecule has 0 saturated carbocycles. The maximum absolute atomic E-state index is 5.42. The van der Waals surface area contributed by atoms with E-state index in [2.05, 4.69) is 29.2 Å². The molecule has 2 aliphatic heterocycles.